The number of halogens is 1. The Morgan fingerprint density at radius 3 is 2.38 bits per heavy atom. The van der Waals surface area contributed by atoms with Gasteiger partial charge in [0.05, 0.1) is 16.5 Å². The third-order valence-electron chi connectivity index (χ3n) is 4.56. The molecule has 0 aromatic heterocycles. The summed E-state index contributed by atoms with van der Waals surface area (Å²) in [6.07, 6.45) is 3.77. The van der Waals surface area contributed by atoms with Crippen molar-refractivity contribution in [2.75, 3.05) is 25.1 Å². The minimum Gasteiger partial charge on any atom is -0.496 e. The summed E-state index contributed by atoms with van der Waals surface area (Å²) in [7, 11) is -2.04. The highest BCUT2D eigenvalue weighted by Gasteiger charge is 2.16. The predicted molar refractivity (Wildman–Crippen MR) is 107 cm³/mol. The molecule has 2 aromatic rings. The number of hydrogen-bond acceptors (Lipinski definition) is 4. The molecule has 1 N–H and O–H groups in total. The summed E-state index contributed by atoms with van der Waals surface area (Å²) in [5.74, 6) is 0.595. The molecule has 7 heteroatoms. The van der Waals surface area contributed by atoms with Gasteiger partial charge in [-0.2, -0.15) is 0 Å². The monoisotopic (exact) mass is 438 g/mol. The molecule has 1 fully saturated rings. The van der Waals surface area contributed by atoms with Crippen molar-refractivity contribution in [1.82, 2.24) is 4.72 Å². The van der Waals surface area contributed by atoms with E-state index in [2.05, 4.69) is 37.7 Å². The van der Waals surface area contributed by atoms with E-state index in [1.54, 1.807) is 19.2 Å². The second-order valence-corrected chi connectivity index (χ2v) is 8.96. The van der Waals surface area contributed by atoms with Gasteiger partial charge in [0, 0.05) is 25.3 Å². The molecule has 0 amide bonds. The van der Waals surface area contributed by atoms with Crippen LogP contribution >= 0.6 is 15.9 Å². The summed E-state index contributed by atoms with van der Waals surface area (Å²) >= 11 is 3.32. The van der Waals surface area contributed by atoms with E-state index in [1.165, 1.54) is 31.0 Å². The second kappa shape index (κ2) is 8.41. The van der Waals surface area contributed by atoms with E-state index in [-0.39, 0.29) is 11.4 Å². The summed E-state index contributed by atoms with van der Waals surface area (Å²) in [6.45, 7) is 2.45. The largest absolute Gasteiger partial charge is 0.496 e. The molecule has 2 aromatic carbocycles. The summed E-state index contributed by atoms with van der Waals surface area (Å²) in [6, 6.07) is 12.8. The van der Waals surface area contributed by atoms with Gasteiger partial charge in [0.1, 0.15) is 5.75 Å². The molecule has 140 valence electrons. The topological polar surface area (TPSA) is 58.6 Å². The third-order valence-corrected chi connectivity index (χ3v) is 6.58. The molecule has 0 atom stereocenters. The lowest BCUT2D eigenvalue weighted by Gasteiger charge is -2.28. The number of anilines is 1. The Labute approximate surface area is 163 Å². The molecule has 0 spiro atoms. The molecule has 0 unspecified atom stereocenters. The van der Waals surface area contributed by atoms with Crippen molar-refractivity contribution in [2.24, 2.45) is 0 Å². The standard InChI is InChI=1S/C19H23BrN2O3S/c1-25-19-10-9-17(13-18(19)20)26(23,24)21-14-15-5-7-16(8-6-15)22-11-3-2-4-12-22/h5-10,13,21H,2-4,11-12,14H2,1H3. The predicted octanol–water partition coefficient (Wildman–Crippen LogP) is 3.93. The zero-order chi connectivity index (χ0) is 18.6. The molecule has 0 bridgehead atoms. The number of nitrogens with one attached hydrogen (secondary N) is 1. The van der Waals surface area contributed by atoms with Gasteiger partial charge >= 0.3 is 0 Å². The Balaban J connectivity index is 1.65. The van der Waals surface area contributed by atoms with Gasteiger partial charge in [-0.05, 0) is 71.1 Å². The lowest BCUT2D eigenvalue weighted by Crippen LogP contribution is -2.29. The number of methoxy groups -OCH3 is 1. The van der Waals surface area contributed by atoms with E-state index < -0.39 is 10.0 Å². The van der Waals surface area contributed by atoms with Gasteiger partial charge in [0.15, 0.2) is 0 Å². The quantitative estimate of drug-likeness (QED) is 0.741. The SMILES string of the molecule is COc1ccc(S(=O)(=O)NCc2ccc(N3CCCCC3)cc2)cc1Br. The highest BCUT2D eigenvalue weighted by Crippen LogP contribution is 2.27. The van der Waals surface area contributed by atoms with Crippen LogP contribution in [0, 0.1) is 0 Å². The summed E-state index contributed by atoms with van der Waals surface area (Å²) < 4.78 is 33.4. The van der Waals surface area contributed by atoms with Gasteiger partial charge in [0.2, 0.25) is 10.0 Å². The molecular formula is C19H23BrN2O3S. The maximum Gasteiger partial charge on any atom is 0.240 e. The average molecular weight is 439 g/mol. The lowest BCUT2D eigenvalue weighted by molar-refractivity contribution is 0.411. The van der Waals surface area contributed by atoms with E-state index in [9.17, 15) is 8.42 Å². The zero-order valence-electron chi connectivity index (χ0n) is 14.7. The summed E-state index contributed by atoms with van der Waals surface area (Å²) in [4.78, 5) is 2.59. The van der Waals surface area contributed by atoms with Gasteiger partial charge in [0.25, 0.3) is 0 Å². The smallest absolute Gasteiger partial charge is 0.240 e. The van der Waals surface area contributed by atoms with E-state index in [0.29, 0.717) is 10.2 Å². The summed E-state index contributed by atoms with van der Waals surface area (Å²) in [5, 5.41) is 0. The molecule has 5 nitrogen and oxygen atoms in total. The fourth-order valence-electron chi connectivity index (χ4n) is 3.05. The summed E-state index contributed by atoms with van der Waals surface area (Å²) in [5.41, 5.74) is 2.14. The van der Waals surface area contributed by atoms with E-state index in [0.717, 1.165) is 18.7 Å². The zero-order valence-corrected chi connectivity index (χ0v) is 17.1. The van der Waals surface area contributed by atoms with Crippen molar-refractivity contribution < 1.29 is 13.2 Å². The minimum absolute atomic E-state index is 0.204. The maximum absolute atomic E-state index is 12.5. The molecule has 1 saturated heterocycles. The van der Waals surface area contributed by atoms with Crippen LogP contribution in [0.25, 0.3) is 0 Å². The molecule has 1 aliphatic rings. The number of rotatable bonds is 6. The normalized spacial score (nSPS) is 15.1. The Hall–Kier alpha value is -1.57. The first-order chi connectivity index (χ1) is 12.5. The van der Waals surface area contributed by atoms with Crippen LogP contribution in [0.1, 0.15) is 24.8 Å². The van der Waals surface area contributed by atoms with Gasteiger partial charge in [-0.15, -0.1) is 0 Å². The Morgan fingerprint density at radius 2 is 1.77 bits per heavy atom. The van der Waals surface area contributed by atoms with Crippen molar-refractivity contribution >= 4 is 31.6 Å². The van der Waals surface area contributed by atoms with E-state index in [4.69, 9.17) is 4.74 Å². The fraction of sp³-hybridized carbons (Fsp3) is 0.368. The van der Waals surface area contributed by atoms with Gasteiger partial charge in [-0.1, -0.05) is 12.1 Å². The first-order valence-electron chi connectivity index (χ1n) is 8.67. The minimum atomic E-state index is -3.58. The molecule has 1 heterocycles. The second-order valence-electron chi connectivity index (χ2n) is 6.34. The van der Waals surface area contributed by atoms with Crippen LogP contribution in [0.4, 0.5) is 5.69 Å². The Morgan fingerprint density at radius 1 is 1.08 bits per heavy atom. The number of piperidine rings is 1. The highest BCUT2D eigenvalue weighted by molar-refractivity contribution is 9.10. The highest BCUT2D eigenvalue weighted by atomic mass is 79.9. The third kappa shape index (κ3) is 4.58. The van der Waals surface area contributed by atoms with Crippen LogP contribution in [0.15, 0.2) is 51.8 Å². The van der Waals surface area contributed by atoms with Gasteiger partial charge in [-0.3, -0.25) is 0 Å². The lowest BCUT2D eigenvalue weighted by atomic mass is 10.1. The Kier molecular flexibility index (Phi) is 6.21. The van der Waals surface area contributed by atoms with Crippen molar-refractivity contribution in [3.63, 3.8) is 0 Å². The van der Waals surface area contributed by atoms with Crippen molar-refractivity contribution in [3.8, 4) is 5.75 Å². The van der Waals surface area contributed by atoms with E-state index >= 15 is 0 Å². The van der Waals surface area contributed by atoms with Crippen LogP contribution in [0.3, 0.4) is 0 Å². The number of ether oxygens (including phenoxy) is 1. The first-order valence-corrected chi connectivity index (χ1v) is 10.9. The fourth-order valence-corrected chi connectivity index (χ4v) is 4.79. The number of nitrogens with zero attached hydrogens (tertiary/aromatic N) is 1. The van der Waals surface area contributed by atoms with Gasteiger partial charge in [-0.25, -0.2) is 13.1 Å². The number of benzene rings is 2. The maximum atomic E-state index is 12.5. The number of hydrogen-bond donors (Lipinski definition) is 1. The van der Waals surface area contributed by atoms with Crippen LogP contribution in [-0.4, -0.2) is 28.6 Å². The molecule has 0 saturated carbocycles. The van der Waals surface area contributed by atoms with Gasteiger partial charge < -0.3 is 9.64 Å². The first kappa shape index (κ1) is 19.2. The van der Waals surface area contributed by atoms with Crippen molar-refractivity contribution in [2.45, 2.75) is 30.7 Å². The van der Waals surface area contributed by atoms with Crippen molar-refractivity contribution in [1.29, 1.82) is 0 Å². The molecule has 0 aliphatic carbocycles. The average Bonchev–Trinajstić information content (AvgIpc) is 2.67. The molecule has 3 rings (SSSR count). The Bertz CT molecular complexity index is 848. The molecular weight excluding hydrogens is 416 g/mol. The number of sulfonamides is 1. The van der Waals surface area contributed by atoms with Crippen molar-refractivity contribution in [3.05, 3.63) is 52.5 Å². The van der Waals surface area contributed by atoms with E-state index in [1.807, 2.05) is 12.1 Å². The van der Waals surface area contributed by atoms with Crippen LogP contribution in [-0.2, 0) is 16.6 Å². The van der Waals surface area contributed by atoms with Crippen LogP contribution in [0.5, 0.6) is 5.75 Å². The molecule has 0 radical (unpaired) electrons. The molecule has 1 aliphatic heterocycles. The molecule has 26 heavy (non-hydrogen) atoms. The van der Waals surface area contributed by atoms with Crippen LogP contribution in [0.2, 0.25) is 0 Å². The van der Waals surface area contributed by atoms with Crippen LogP contribution < -0.4 is 14.4 Å².